The van der Waals surface area contributed by atoms with E-state index in [9.17, 15) is 9.90 Å². The Bertz CT molecular complexity index is 344. The van der Waals surface area contributed by atoms with Gasteiger partial charge in [0, 0.05) is 0 Å². The molecule has 1 fully saturated rings. The van der Waals surface area contributed by atoms with Crippen LogP contribution in [-0.4, -0.2) is 24.2 Å². The van der Waals surface area contributed by atoms with Gasteiger partial charge in [0.15, 0.2) is 0 Å². The normalized spacial score (nSPS) is 19.2. The molecule has 0 bridgehead atoms. The molecule has 1 aliphatic rings. The van der Waals surface area contributed by atoms with Crippen molar-refractivity contribution in [3.05, 3.63) is 35.9 Å². The summed E-state index contributed by atoms with van der Waals surface area (Å²) in [7, 11) is 0. The van der Waals surface area contributed by atoms with E-state index in [0.29, 0.717) is 0 Å². The predicted molar refractivity (Wildman–Crippen MR) is 62.4 cm³/mol. The molecule has 0 spiro atoms. The number of rotatable bonds is 3. The number of hydrogen-bond acceptors (Lipinski definition) is 2. The maximum Gasteiger partial charge on any atom is 0.311 e. The van der Waals surface area contributed by atoms with E-state index in [1.165, 1.54) is 0 Å². The van der Waals surface area contributed by atoms with Gasteiger partial charge in [-0.05, 0) is 37.4 Å². The highest BCUT2D eigenvalue weighted by molar-refractivity contribution is 5.76. The maximum atomic E-state index is 11.4. The van der Waals surface area contributed by atoms with E-state index in [1.54, 1.807) is 0 Å². The van der Waals surface area contributed by atoms with E-state index in [1.807, 2.05) is 30.3 Å². The number of piperidine rings is 1. The first-order chi connectivity index (χ1) is 7.79. The monoisotopic (exact) mass is 219 g/mol. The minimum Gasteiger partial charge on any atom is -0.481 e. The van der Waals surface area contributed by atoms with Crippen LogP contribution >= 0.6 is 0 Å². The van der Waals surface area contributed by atoms with Crippen LogP contribution in [0.2, 0.25) is 0 Å². The van der Waals surface area contributed by atoms with E-state index in [-0.39, 0.29) is 11.8 Å². The SMILES string of the molecule is O=C(O)C(c1ccccc1)C1CCNCC1. The number of aliphatic carboxylic acids is 1. The van der Waals surface area contributed by atoms with Crippen molar-refractivity contribution < 1.29 is 9.90 Å². The van der Waals surface area contributed by atoms with E-state index >= 15 is 0 Å². The Morgan fingerprint density at radius 2 is 1.88 bits per heavy atom. The highest BCUT2D eigenvalue weighted by Gasteiger charge is 2.30. The molecule has 0 aromatic heterocycles. The Morgan fingerprint density at radius 1 is 1.25 bits per heavy atom. The van der Waals surface area contributed by atoms with Gasteiger partial charge >= 0.3 is 5.97 Å². The highest BCUT2D eigenvalue weighted by atomic mass is 16.4. The smallest absolute Gasteiger partial charge is 0.311 e. The Labute approximate surface area is 95.5 Å². The van der Waals surface area contributed by atoms with Gasteiger partial charge in [0.1, 0.15) is 0 Å². The lowest BCUT2D eigenvalue weighted by Crippen LogP contribution is -2.33. The van der Waals surface area contributed by atoms with Gasteiger partial charge in [0.05, 0.1) is 5.92 Å². The van der Waals surface area contributed by atoms with Crippen molar-refractivity contribution in [2.24, 2.45) is 5.92 Å². The summed E-state index contributed by atoms with van der Waals surface area (Å²) >= 11 is 0. The van der Waals surface area contributed by atoms with Gasteiger partial charge in [-0.3, -0.25) is 4.79 Å². The Morgan fingerprint density at radius 3 is 2.44 bits per heavy atom. The standard InChI is InChI=1S/C13H17NO2/c15-13(16)12(10-4-2-1-3-5-10)11-6-8-14-9-7-11/h1-5,11-12,14H,6-9H2,(H,15,16). The summed E-state index contributed by atoms with van der Waals surface area (Å²) in [5, 5.41) is 12.6. The molecular weight excluding hydrogens is 202 g/mol. The Balaban J connectivity index is 2.20. The third-order valence-electron chi connectivity index (χ3n) is 3.28. The fraction of sp³-hybridized carbons (Fsp3) is 0.462. The van der Waals surface area contributed by atoms with Crippen LogP contribution < -0.4 is 5.32 Å². The average molecular weight is 219 g/mol. The van der Waals surface area contributed by atoms with Gasteiger partial charge in [-0.25, -0.2) is 0 Å². The molecule has 2 N–H and O–H groups in total. The van der Waals surface area contributed by atoms with Crippen molar-refractivity contribution in [3.8, 4) is 0 Å². The molecule has 0 saturated carbocycles. The number of carbonyl (C=O) groups is 1. The van der Waals surface area contributed by atoms with E-state index in [4.69, 9.17) is 0 Å². The highest BCUT2D eigenvalue weighted by Crippen LogP contribution is 2.31. The summed E-state index contributed by atoms with van der Waals surface area (Å²) in [6.07, 6.45) is 1.90. The zero-order chi connectivity index (χ0) is 11.4. The first-order valence-corrected chi connectivity index (χ1v) is 5.77. The number of nitrogens with one attached hydrogen (secondary N) is 1. The van der Waals surface area contributed by atoms with Crippen molar-refractivity contribution in [2.75, 3.05) is 13.1 Å². The third-order valence-corrected chi connectivity index (χ3v) is 3.28. The van der Waals surface area contributed by atoms with Crippen LogP contribution in [-0.2, 0) is 4.79 Å². The minimum absolute atomic E-state index is 0.265. The number of carboxylic acids is 1. The molecule has 1 aromatic carbocycles. The van der Waals surface area contributed by atoms with Crippen molar-refractivity contribution in [2.45, 2.75) is 18.8 Å². The van der Waals surface area contributed by atoms with Crippen LogP contribution in [0.4, 0.5) is 0 Å². The molecule has 0 amide bonds. The molecule has 0 radical (unpaired) electrons. The molecule has 3 nitrogen and oxygen atoms in total. The molecule has 0 aliphatic carbocycles. The Kier molecular flexibility index (Phi) is 3.57. The summed E-state index contributed by atoms with van der Waals surface area (Å²) in [6, 6.07) is 9.57. The minimum atomic E-state index is -0.696. The molecule has 16 heavy (non-hydrogen) atoms. The fourth-order valence-electron chi connectivity index (χ4n) is 2.45. The lowest BCUT2D eigenvalue weighted by atomic mass is 9.80. The van der Waals surface area contributed by atoms with Crippen LogP contribution in [0.25, 0.3) is 0 Å². The van der Waals surface area contributed by atoms with Gasteiger partial charge in [-0.1, -0.05) is 30.3 Å². The van der Waals surface area contributed by atoms with Crippen molar-refractivity contribution in [1.29, 1.82) is 0 Å². The van der Waals surface area contributed by atoms with Crippen LogP contribution in [0.5, 0.6) is 0 Å². The van der Waals surface area contributed by atoms with Crippen molar-refractivity contribution in [3.63, 3.8) is 0 Å². The zero-order valence-corrected chi connectivity index (χ0v) is 9.23. The van der Waals surface area contributed by atoms with Crippen molar-refractivity contribution >= 4 is 5.97 Å². The molecule has 2 rings (SSSR count). The molecule has 1 aromatic rings. The summed E-state index contributed by atoms with van der Waals surface area (Å²) in [4.78, 5) is 11.4. The predicted octanol–water partition coefficient (Wildman–Crippen LogP) is 1.85. The van der Waals surface area contributed by atoms with Gasteiger partial charge in [-0.15, -0.1) is 0 Å². The van der Waals surface area contributed by atoms with Crippen LogP contribution in [0.15, 0.2) is 30.3 Å². The molecular formula is C13H17NO2. The molecule has 1 unspecified atom stereocenters. The quantitative estimate of drug-likeness (QED) is 0.815. The fourth-order valence-corrected chi connectivity index (χ4v) is 2.45. The third kappa shape index (κ3) is 2.42. The first kappa shape index (κ1) is 11.1. The number of hydrogen-bond donors (Lipinski definition) is 2. The molecule has 1 saturated heterocycles. The van der Waals surface area contributed by atoms with Crippen LogP contribution in [0, 0.1) is 5.92 Å². The lowest BCUT2D eigenvalue weighted by Gasteiger charge is -2.28. The second-order valence-electron chi connectivity index (χ2n) is 4.31. The van der Waals surface area contributed by atoms with E-state index in [0.717, 1.165) is 31.5 Å². The topological polar surface area (TPSA) is 49.3 Å². The van der Waals surface area contributed by atoms with Crippen molar-refractivity contribution in [1.82, 2.24) is 5.32 Å². The van der Waals surface area contributed by atoms with Crippen LogP contribution in [0.1, 0.15) is 24.3 Å². The largest absolute Gasteiger partial charge is 0.481 e. The first-order valence-electron chi connectivity index (χ1n) is 5.77. The molecule has 86 valence electrons. The molecule has 1 heterocycles. The molecule has 3 heteroatoms. The summed E-state index contributed by atoms with van der Waals surface area (Å²) < 4.78 is 0. The summed E-state index contributed by atoms with van der Waals surface area (Å²) in [5.41, 5.74) is 0.932. The number of carboxylic acid groups (broad SMARTS) is 1. The lowest BCUT2D eigenvalue weighted by molar-refractivity contribution is -0.140. The zero-order valence-electron chi connectivity index (χ0n) is 9.23. The molecule has 1 aliphatic heterocycles. The van der Waals surface area contributed by atoms with Gasteiger partial charge in [0.2, 0.25) is 0 Å². The van der Waals surface area contributed by atoms with Gasteiger partial charge < -0.3 is 10.4 Å². The second-order valence-corrected chi connectivity index (χ2v) is 4.31. The summed E-state index contributed by atoms with van der Waals surface area (Å²) in [6.45, 7) is 1.86. The van der Waals surface area contributed by atoms with Gasteiger partial charge in [0.25, 0.3) is 0 Å². The van der Waals surface area contributed by atoms with Crippen LogP contribution in [0.3, 0.4) is 0 Å². The maximum absolute atomic E-state index is 11.4. The van der Waals surface area contributed by atoms with E-state index in [2.05, 4.69) is 5.32 Å². The Hall–Kier alpha value is -1.35. The van der Waals surface area contributed by atoms with E-state index < -0.39 is 5.97 Å². The number of benzene rings is 1. The summed E-state index contributed by atoms with van der Waals surface area (Å²) in [5.74, 6) is -0.775. The van der Waals surface area contributed by atoms with Gasteiger partial charge in [-0.2, -0.15) is 0 Å². The molecule has 1 atom stereocenters. The average Bonchev–Trinajstić information content (AvgIpc) is 2.31. The second kappa shape index (κ2) is 5.12.